The quantitative estimate of drug-likeness (QED) is 0.601. The molecule has 0 aliphatic heterocycles. The standard InChI is InChI=1S/C9H11I2NO2.ClH/c1-4(13)8(12)6-2-5(10)3-7(11)9(6)14;/h2-4,8,13-14H,12H2,1H3;1H/t4-,8-;/m1./s1. The fourth-order valence-electron chi connectivity index (χ4n) is 1.10. The molecule has 0 aliphatic rings. The third kappa shape index (κ3) is 3.88. The van der Waals surface area contributed by atoms with Crippen LogP contribution in [0.15, 0.2) is 12.1 Å². The van der Waals surface area contributed by atoms with Crippen LogP contribution in [0, 0.1) is 7.14 Å². The van der Waals surface area contributed by atoms with Gasteiger partial charge in [-0.2, -0.15) is 0 Å². The molecule has 0 fully saturated rings. The first-order chi connectivity index (χ1) is 6.43. The summed E-state index contributed by atoms with van der Waals surface area (Å²) in [5.74, 6) is 0.166. The molecule has 0 aromatic heterocycles. The summed E-state index contributed by atoms with van der Waals surface area (Å²) in [6.45, 7) is 1.61. The van der Waals surface area contributed by atoms with Gasteiger partial charge in [0.25, 0.3) is 0 Å². The summed E-state index contributed by atoms with van der Waals surface area (Å²) < 4.78 is 1.75. The van der Waals surface area contributed by atoms with Gasteiger partial charge in [-0.25, -0.2) is 0 Å². The molecule has 0 saturated heterocycles. The van der Waals surface area contributed by atoms with Crippen LogP contribution < -0.4 is 5.73 Å². The van der Waals surface area contributed by atoms with Crippen molar-refractivity contribution in [2.75, 3.05) is 0 Å². The molecule has 0 radical (unpaired) electrons. The molecule has 86 valence electrons. The maximum absolute atomic E-state index is 9.74. The lowest BCUT2D eigenvalue weighted by Crippen LogP contribution is -2.23. The Hall–Kier alpha value is 0.690. The Morgan fingerprint density at radius 3 is 2.33 bits per heavy atom. The zero-order valence-electron chi connectivity index (χ0n) is 7.95. The molecule has 0 amide bonds. The number of phenols is 1. The Balaban J connectivity index is 0.00000196. The summed E-state index contributed by atoms with van der Waals surface area (Å²) >= 11 is 4.19. The predicted octanol–water partition coefficient (Wildman–Crippen LogP) is 2.40. The summed E-state index contributed by atoms with van der Waals surface area (Å²) in [6, 6.07) is 3.10. The summed E-state index contributed by atoms with van der Waals surface area (Å²) in [5.41, 5.74) is 6.35. The molecule has 4 N–H and O–H groups in total. The van der Waals surface area contributed by atoms with Crippen molar-refractivity contribution in [1.29, 1.82) is 0 Å². The molecule has 15 heavy (non-hydrogen) atoms. The summed E-state index contributed by atoms with van der Waals surface area (Å²) in [6.07, 6.45) is -0.671. The van der Waals surface area contributed by atoms with Crippen LogP contribution in [0.3, 0.4) is 0 Å². The molecule has 0 aliphatic carbocycles. The van der Waals surface area contributed by atoms with Gasteiger partial charge in [-0.3, -0.25) is 0 Å². The molecule has 1 aromatic carbocycles. The number of nitrogens with two attached hydrogens (primary N) is 1. The fraction of sp³-hybridized carbons (Fsp3) is 0.333. The van der Waals surface area contributed by atoms with Crippen molar-refractivity contribution >= 4 is 57.6 Å². The van der Waals surface area contributed by atoms with E-state index in [9.17, 15) is 10.2 Å². The van der Waals surface area contributed by atoms with Gasteiger partial charge >= 0.3 is 0 Å². The minimum absolute atomic E-state index is 0. The van der Waals surface area contributed by atoms with E-state index in [2.05, 4.69) is 22.6 Å². The molecule has 0 unspecified atom stereocenters. The molecule has 1 aromatic rings. The van der Waals surface area contributed by atoms with Gasteiger partial charge in [0, 0.05) is 9.13 Å². The van der Waals surface area contributed by atoms with Crippen molar-refractivity contribution in [3.05, 3.63) is 24.8 Å². The van der Waals surface area contributed by atoms with E-state index in [0.29, 0.717) is 5.56 Å². The maximum atomic E-state index is 9.74. The lowest BCUT2D eigenvalue weighted by atomic mass is 10.0. The van der Waals surface area contributed by atoms with E-state index in [1.54, 1.807) is 13.0 Å². The van der Waals surface area contributed by atoms with Crippen molar-refractivity contribution in [1.82, 2.24) is 0 Å². The van der Waals surface area contributed by atoms with Gasteiger partial charge in [0.15, 0.2) is 0 Å². The Morgan fingerprint density at radius 2 is 1.87 bits per heavy atom. The molecule has 3 nitrogen and oxygen atoms in total. The minimum Gasteiger partial charge on any atom is -0.506 e. The molecule has 0 saturated carbocycles. The van der Waals surface area contributed by atoms with Gasteiger partial charge in [-0.1, -0.05) is 0 Å². The van der Waals surface area contributed by atoms with E-state index >= 15 is 0 Å². The molecular formula is C9H12ClI2NO2. The Bertz CT molecular complexity index is 347. The first-order valence-electron chi connectivity index (χ1n) is 4.05. The number of hydrogen-bond acceptors (Lipinski definition) is 3. The molecule has 6 heteroatoms. The zero-order valence-corrected chi connectivity index (χ0v) is 13.1. The highest BCUT2D eigenvalue weighted by atomic mass is 127. The summed E-state index contributed by atoms with van der Waals surface area (Å²) in [7, 11) is 0. The van der Waals surface area contributed by atoms with E-state index in [1.807, 2.05) is 28.7 Å². The van der Waals surface area contributed by atoms with Gasteiger partial charge in [0.2, 0.25) is 0 Å². The number of aliphatic hydroxyl groups excluding tert-OH is 1. The topological polar surface area (TPSA) is 66.5 Å². The van der Waals surface area contributed by atoms with E-state index in [1.165, 1.54) is 0 Å². The lowest BCUT2D eigenvalue weighted by molar-refractivity contribution is 0.162. The smallest absolute Gasteiger partial charge is 0.133 e. The average Bonchev–Trinajstić information content (AvgIpc) is 2.09. The van der Waals surface area contributed by atoms with Crippen molar-refractivity contribution in [3.8, 4) is 5.75 Å². The highest BCUT2D eigenvalue weighted by Crippen LogP contribution is 2.31. The molecule has 1 rings (SSSR count). The number of halogens is 3. The van der Waals surface area contributed by atoms with Crippen LogP contribution in [0.4, 0.5) is 0 Å². The maximum Gasteiger partial charge on any atom is 0.133 e. The Kier molecular flexibility index (Phi) is 6.73. The number of benzene rings is 1. The summed E-state index contributed by atoms with van der Waals surface area (Å²) in [4.78, 5) is 0. The second-order valence-corrected chi connectivity index (χ2v) is 5.50. The molecule has 2 atom stereocenters. The normalized spacial score (nSPS) is 14.2. The second-order valence-electron chi connectivity index (χ2n) is 3.09. The van der Waals surface area contributed by atoms with Crippen molar-refractivity contribution in [2.24, 2.45) is 5.73 Å². The number of rotatable bonds is 2. The van der Waals surface area contributed by atoms with E-state index < -0.39 is 12.1 Å². The van der Waals surface area contributed by atoms with Gasteiger partial charge in [-0.15, -0.1) is 12.4 Å². The molecule has 0 heterocycles. The Labute approximate surface area is 122 Å². The SMILES string of the molecule is C[C@@H](O)[C@@H](N)c1cc(I)cc(I)c1O.Cl. The van der Waals surface area contributed by atoms with Gasteiger partial charge in [-0.05, 0) is 64.2 Å². The van der Waals surface area contributed by atoms with Crippen molar-refractivity contribution < 1.29 is 10.2 Å². The molecular weight excluding hydrogens is 443 g/mol. The van der Waals surface area contributed by atoms with Crippen LogP contribution in [-0.2, 0) is 0 Å². The van der Waals surface area contributed by atoms with E-state index in [-0.39, 0.29) is 18.2 Å². The summed E-state index contributed by atoms with van der Waals surface area (Å²) in [5, 5.41) is 19.1. The second kappa shape index (κ2) is 6.43. The lowest BCUT2D eigenvalue weighted by Gasteiger charge is -2.17. The van der Waals surface area contributed by atoms with Crippen LogP contribution in [-0.4, -0.2) is 16.3 Å². The number of phenolic OH excluding ortho intramolecular Hbond substituents is 1. The number of aromatic hydroxyl groups is 1. The minimum atomic E-state index is -0.671. The van der Waals surface area contributed by atoms with E-state index in [4.69, 9.17) is 5.73 Å². The van der Waals surface area contributed by atoms with Crippen LogP contribution in [0.25, 0.3) is 0 Å². The van der Waals surface area contributed by atoms with E-state index in [0.717, 1.165) is 7.14 Å². The first kappa shape index (κ1) is 15.7. The third-order valence-electron chi connectivity index (χ3n) is 1.94. The van der Waals surface area contributed by atoms with Crippen LogP contribution in [0.1, 0.15) is 18.5 Å². The number of hydrogen-bond donors (Lipinski definition) is 3. The third-order valence-corrected chi connectivity index (χ3v) is 3.38. The first-order valence-corrected chi connectivity index (χ1v) is 6.20. The van der Waals surface area contributed by atoms with Crippen molar-refractivity contribution in [2.45, 2.75) is 19.1 Å². The number of aliphatic hydroxyl groups is 1. The van der Waals surface area contributed by atoms with Gasteiger partial charge < -0.3 is 15.9 Å². The van der Waals surface area contributed by atoms with Crippen molar-refractivity contribution in [3.63, 3.8) is 0 Å². The highest BCUT2D eigenvalue weighted by molar-refractivity contribution is 14.1. The molecule has 0 bridgehead atoms. The van der Waals surface area contributed by atoms with Crippen LogP contribution >= 0.6 is 57.6 Å². The largest absolute Gasteiger partial charge is 0.506 e. The predicted molar refractivity (Wildman–Crippen MR) is 79.4 cm³/mol. The Morgan fingerprint density at radius 1 is 1.33 bits per heavy atom. The van der Waals surface area contributed by atoms with Crippen LogP contribution in [0.5, 0.6) is 5.75 Å². The fourth-order valence-corrected chi connectivity index (χ4v) is 2.99. The van der Waals surface area contributed by atoms with Gasteiger partial charge in [0.05, 0.1) is 15.7 Å². The van der Waals surface area contributed by atoms with Gasteiger partial charge in [0.1, 0.15) is 5.75 Å². The monoisotopic (exact) mass is 455 g/mol. The highest BCUT2D eigenvalue weighted by Gasteiger charge is 2.18. The zero-order chi connectivity index (χ0) is 10.9. The van der Waals surface area contributed by atoms with Crippen LogP contribution in [0.2, 0.25) is 0 Å². The average molecular weight is 455 g/mol. The molecule has 0 spiro atoms.